The number of rotatable bonds is 4. The molecule has 0 saturated carbocycles. The van der Waals surface area contributed by atoms with Crippen LogP contribution in [0.2, 0.25) is 0 Å². The number of hydrogen-bond acceptors (Lipinski definition) is 4. The Morgan fingerprint density at radius 2 is 1.80 bits per heavy atom. The van der Waals surface area contributed by atoms with Gasteiger partial charge in [-0.2, -0.15) is 0 Å². The van der Waals surface area contributed by atoms with E-state index >= 15 is 0 Å². The number of aromatic hydroxyl groups is 1. The molecule has 0 aliphatic carbocycles. The van der Waals surface area contributed by atoms with E-state index in [9.17, 15) is 9.90 Å². The number of benzene rings is 2. The van der Waals surface area contributed by atoms with Gasteiger partial charge in [-0.25, -0.2) is 0 Å². The molecule has 1 saturated heterocycles. The minimum atomic E-state index is -0.322. The van der Waals surface area contributed by atoms with Gasteiger partial charge in [0.15, 0.2) is 0 Å². The highest BCUT2D eigenvalue weighted by Gasteiger charge is 2.14. The van der Waals surface area contributed by atoms with Gasteiger partial charge in [-0.05, 0) is 42.9 Å². The molecule has 1 heterocycles. The van der Waals surface area contributed by atoms with Crippen LogP contribution in [0.3, 0.4) is 0 Å². The van der Waals surface area contributed by atoms with E-state index in [2.05, 4.69) is 38.1 Å². The Hall–Kier alpha value is -1.89. The maximum atomic E-state index is 12.3. The second kappa shape index (κ2) is 7.99. The summed E-state index contributed by atoms with van der Waals surface area (Å²) in [6, 6.07) is 12.7. The quantitative estimate of drug-likeness (QED) is 0.822. The molecular formula is C19H22BrN3O2. The van der Waals surface area contributed by atoms with Crippen molar-refractivity contribution in [3.63, 3.8) is 0 Å². The Labute approximate surface area is 156 Å². The molecule has 0 aromatic heterocycles. The van der Waals surface area contributed by atoms with E-state index in [1.165, 1.54) is 11.6 Å². The smallest absolute Gasteiger partial charge is 0.259 e. The topological polar surface area (TPSA) is 55.8 Å². The maximum absolute atomic E-state index is 12.3. The lowest BCUT2D eigenvalue weighted by atomic mass is 10.1. The summed E-state index contributed by atoms with van der Waals surface area (Å²) in [6.45, 7) is 5.29. The van der Waals surface area contributed by atoms with Crippen LogP contribution in [0.25, 0.3) is 0 Å². The molecule has 2 N–H and O–H groups in total. The molecule has 1 aliphatic heterocycles. The number of likely N-dealkylation sites (N-methyl/N-ethyl adjacent to an activating group) is 1. The SMILES string of the molecule is CN1CCN(Cc2ccc(NC(=O)c3ccc(Br)cc3O)cc2)CC1. The van der Waals surface area contributed by atoms with Crippen molar-refractivity contribution in [2.24, 2.45) is 0 Å². The fraction of sp³-hybridized carbons (Fsp3) is 0.316. The molecule has 0 spiro atoms. The third kappa shape index (κ3) is 4.81. The van der Waals surface area contributed by atoms with Crippen LogP contribution in [0.1, 0.15) is 15.9 Å². The summed E-state index contributed by atoms with van der Waals surface area (Å²) in [6.07, 6.45) is 0. The summed E-state index contributed by atoms with van der Waals surface area (Å²) in [5, 5.41) is 12.7. The predicted molar refractivity (Wildman–Crippen MR) is 103 cm³/mol. The summed E-state index contributed by atoms with van der Waals surface area (Å²) in [5.41, 5.74) is 2.20. The molecule has 0 atom stereocenters. The van der Waals surface area contributed by atoms with E-state index < -0.39 is 0 Å². The molecule has 0 bridgehead atoms. The first kappa shape index (κ1) is 17.9. The number of phenolic OH excluding ortho intramolecular Hbond substituents is 1. The van der Waals surface area contributed by atoms with Crippen molar-refractivity contribution >= 4 is 27.5 Å². The Bertz CT molecular complexity index is 741. The van der Waals surface area contributed by atoms with Gasteiger partial charge in [0.1, 0.15) is 5.75 Å². The fourth-order valence-electron chi connectivity index (χ4n) is 2.85. The minimum Gasteiger partial charge on any atom is -0.507 e. The molecule has 6 heteroatoms. The zero-order valence-corrected chi connectivity index (χ0v) is 15.8. The Morgan fingerprint density at radius 1 is 1.12 bits per heavy atom. The lowest BCUT2D eigenvalue weighted by Gasteiger charge is -2.32. The highest BCUT2D eigenvalue weighted by Crippen LogP contribution is 2.23. The zero-order valence-electron chi connectivity index (χ0n) is 14.2. The van der Waals surface area contributed by atoms with Crippen molar-refractivity contribution in [1.29, 1.82) is 0 Å². The van der Waals surface area contributed by atoms with Gasteiger partial charge in [0.2, 0.25) is 0 Å². The van der Waals surface area contributed by atoms with Crippen LogP contribution in [-0.4, -0.2) is 54.0 Å². The number of phenols is 1. The summed E-state index contributed by atoms with van der Waals surface area (Å²) in [5.74, 6) is -0.365. The summed E-state index contributed by atoms with van der Waals surface area (Å²) in [7, 11) is 2.15. The fourth-order valence-corrected chi connectivity index (χ4v) is 3.20. The maximum Gasteiger partial charge on any atom is 0.259 e. The van der Waals surface area contributed by atoms with Crippen LogP contribution in [-0.2, 0) is 6.54 Å². The number of carbonyl (C=O) groups excluding carboxylic acids is 1. The van der Waals surface area contributed by atoms with Crippen LogP contribution in [0.15, 0.2) is 46.9 Å². The van der Waals surface area contributed by atoms with Gasteiger partial charge >= 0.3 is 0 Å². The normalized spacial score (nSPS) is 15.9. The van der Waals surface area contributed by atoms with Crippen LogP contribution in [0.5, 0.6) is 5.75 Å². The Balaban J connectivity index is 1.59. The second-order valence-corrected chi connectivity index (χ2v) is 7.31. The minimum absolute atomic E-state index is 0.0430. The molecule has 1 amide bonds. The lowest BCUT2D eigenvalue weighted by Crippen LogP contribution is -2.43. The number of hydrogen-bond donors (Lipinski definition) is 2. The first-order valence-corrected chi connectivity index (χ1v) is 9.10. The second-order valence-electron chi connectivity index (χ2n) is 6.39. The van der Waals surface area contributed by atoms with Crippen molar-refractivity contribution in [3.05, 3.63) is 58.1 Å². The number of anilines is 1. The lowest BCUT2D eigenvalue weighted by molar-refractivity contribution is 0.102. The Morgan fingerprint density at radius 3 is 2.44 bits per heavy atom. The van der Waals surface area contributed by atoms with Gasteiger partial charge in [0.25, 0.3) is 5.91 Å². The van der Waals surface area contributed by atoms with Crippen molar-refractivity contribution < 1.29 is 9.90 Å². The molecule has 25 heavy (non-hydrogen) atoms. The first-order valence-electron chi connectivity index (χ1n) is 8.31. The third-order valence-electron chi connectivity index (χ3n) is 4.42. The van der Waals surface area contributed by atoms with Gasteiger partial charge in [0, 0.05) is 42.9 Å². The number of halogens is 1. The molecule has 0 radical (unpaired) electrons. The largest absolute Gasteiger partial charge is 0.507 e. The molecule has 5 nitrogen and oxygen atoms in total. The van der Waals surface area contributed by atoms with Crippen molar-refractivity contribution in [3.8, 4) is 5.75 Å². The van der Waals surface area contributed by atoms with E-state index in [1.54, 1.807) is 12.1 Å². The summed E-state index contributed by atoms with van der Waals surface area (Å²) in [4.78, 5) is 17.1. The van der Waals surface area contributed by atoms with Gasteiger partial charge in [-0.3, -0.25) is 9.69 Å². The number of nitrogens with one attached hydrogen (secondary N) is 1. The predicted octanol–water partition coefficient (Wildman–Crippen LogP) is 3.15. The van der Waals surface area contributed by atoms with Crippen LogP contribution < -0.4 is 5.32 Å². The van der Waals surface area contributed by atoms with Crippen molar-refractivity contribution in [1.82, 2.24) is 9.80 Å². The van der Waals surface area contributed by atoms with Crippen molar-refractivity contribution in [2.45, 2.75) is 6.54 Å². The van der Waals surface area contributed by atoms with Gasteiger partial charge in [-0.15, -0.1) is 0 Å². The molecule has 2 aromatic rings. The molecule has 2 aromatic carbocycles. The van der Waals surface area contributed by atoms with E-state index in [4.69, 9.17) is 0 Å². The van der Waals surface area contributed by atoms with Gasteiger partial charge in [0.05, 0.1) is 5.56 Å². The summed E-state index contributed by atoms with van der Waals surface area (Å²) >= 11 is 3.27. The Kier molecular flexibility index (Phi) is 5.73. The molecule has 1 aliphatic rings. The molecule has 132 valence electrons. The first-order chi connectivity index (χ1) is 12.0. The van der Waals surface area contributed by atoms with Crippen LogP contribution >= 0.6 is 15.9 Å². The average Bonchev–Trinajstić information content (AvgIpc) is 2.58. The number of carbonyl (C=O) groups is 1. The van der Waals surface area contributed by atoms with E-state index in [0.717, 1.165) is 42.9 Å². The van der Waals surface area contributed by atoms with E-state index in [-0.39, 0.29) is 17.2 Å². The standard InChI is InChI=1S/C19H22BrN3O2/c1-22-8-10-23(11-9-22)13-14-2-5-16(6-3-14)21-19(25)17-7-4-15(20)12-18(17)24/h2-7,12,24H,8-11,13H2,1H3,(H,21,25). The van der Waals surface area contributed by atoms with Gasteiger partial charge in [-0.1, -0.05) is 28.1 Å². The summed E-state index contributed by atoms with van der Waals surface area (Å²) < 4.78 is 0.731. The monoisotopic (exact) mass is 403 g/mol. The molecule has 3 rings (SSSR count). The van der Waals surface area contributed by atoms with E-state index in [0.29, 0.717) is 0 Å². The average molecular weight is 404 g/mol. The number of piperazine rings is 1. The highest BCUT2D eigenvalue weighted by molar-refractivity contribution is 9.10. The molecule has 0 unspecified atom stereocenters. The van der Waals surface area contributed by atoms with Crippen molar-refractivity contribution in [2.75, 3.05) is 38.5 Å². The van der Waals surface area contributed by atoms with Crippen LogP contribution in [0.4, 0.5) is 5.69 Å². The highest BCUT2D eigenvalue weighted by atomic mass is 79.9. The number of nitrogens with zero attached hydrogens (tertiary/aromatic N) is 2. The van der Waals surface area contributed by atoms with Gasteiger partial charge < -0.3 is 15.3 Å². The molecule has 1 fully saturated rings. The van der Waals surface area contributed by atoms with E-state index in [1.807, 2.05) is 24.3 Å². The van der Waals surface area contributed by atoms with Crippen LogP contribution in [0, 0.1) is 0 Å². The zero-order chi connectivity index (χ0) is 17.8. The number of amides is 1. The molecular weight excluding hydrogens is 382 g/mol. The third-order valence-corrected chi connectivity index (χ3v) is 4.91.